The number of aliphatic hydroxyl groups excluding tert-OH is 1. The maximum Gasteiger partial charge on any atom is 0.179 e. The zero-order valence-electron chi connectivity index (χ0n) is 8.82. The summed E-state index contributed by atoms with van der Waals surface area (Å²) in [6, 6.07) is 0. The van der Waals surface area contributed by atoms with Gasteiger partial charge < -0.3 is 9.84 Å². The highest BCUT2D eigenvalue weighted by molar-refractivity contribution is 4.94. The standard InChI is InChI=1S/C9H17N3O2/c1-4-14-8(6(2)3)9-10-7(5-13)11-12-9/h6,8,13H,4-5H2,1-3H3,(H,10,11,12). The summed E-state index contributed by atoms with van der Waals surface area (Å²) in [5.41, 5.74) is 0. The van der Waals surface area contributed by atoms with E-state index >= 15 is 0 Å². The predicted molar refractivity (Wildman–Crippen MR) is 51.5 cm³/mol. The summed E-state index contributed by atoms with van der Waals surface area (Å²) >= 11 is 0. The molecule has 0 fully saturated rings. The molecule has 1 heterocycles. The Bertz CT molecular complexity index is 273. The van der Waals surface area contributed by atoms with Crippen LogP contribution < -0.4 is 0 Å². The normalized spacial score (nSPS) is 13.5. The second kappa shape index (κ2) is 5.07. The lowest BCUT2D eigenvalue weighted by atomic mass is 10.1. The molecule has 2 N–H and O–H groups in total. The lowest BCUT2D eigenvalue weighted by Crippen LogP contribution is -2.12. The molecule has 0 bridgehead atoms. The molecule has 1 rings (SSSR count). The predicted octanol–water partition coefficient (Wildman–Crippen LogP) is 1.03. The van der Waals surface area contributed by atoms with Gasteiger partial charge in [0.1, 0.15) is 18.5 Å². The molecule has 0 aliphatic heterocycles. The highest BCUT2D eigenvalue weighted by Crippen LogP contribution is 2.22. The Morgan fingerprint density at radius 1 is 1.50 bits per heavy atom. The smallest absolute Gasteiger partial charge is 0.179 e. The molecule has 0 aliphatic rings. The Balaban J connectivity index is 2.76. The van der Waals surface area contributed by atoms with Crippen molar-refractivity contribution in [3.05, 3.63) is 11.6 Å². The third-order valence-electron chi connectivity index (χ3n) is 1.90. The van der Waals surface area contributed by atoms with E-state index in [2.05, 4.69) is 29.0 Å². The first-order chi connectivity index (χ1) is 6.69. The number of ether oxygens (including phenoxy) is 1. The minimum atomic E-state index is -0.121. The van der Waals surface area contributed by atoms with Gasteiger partial charge in [0.25, 0.3) is 0 Å². The van der Waals surface area contributed by atoms with Gasteiger partial charge in [-0.25, -0.2) is 4.98 Å². The monoisotopic (exact) mass is 199 g/mol. The van der Waals surface area contributed by atoms with E-state index in [1.165, 1.54) is 0 Å². The van der Waals surface area contributed by atoms with Crippen LogP contribution in [0, 0.1) is 5.92 Å². The molecule has 5 nitrogen and oxygen atoms in total. The van der Waals surface area contributed by atoms with E-state index in [9.17, 15) is 0 Å². The maximum absolute atomic E-state index is 8.83. The molecule has 0 amide bonds. The van der Waals surface area contributed by atoms with Crippen LogP contribution in [0.1, 0.15) is 38.5 Å². The summed E-state index contributed by atoms with van der Waals surface area (Å²) in [4.78, 5) is 4.13. The van der Waals surface area contributed by atoms with E-state index < -0.39 is 0 Å². The zero-order chi connectivity index (χ0) is 10.6. The fourth-order valence-electron chi connectivity index (χ4n) is 1.25. The number of H-pyrrole nitrogens is 1. The van der Waals surface area contributed by atoms with Crippen LogP contribution in [0.2, 0.25) is 0 Å². The number of nitrogens with one attached hydrogen (secondary N) is 1. The quantitative estimate of drug-likeness (QED) is 0.743. The number of aromatic nitrogens is 3. The average Bonchev–Trinajstić information content (AvgIpc) is 2.61. The van der Waals surface area contributed by atoms with Gasteiger partial charge in [0.15, 0.2) is 5.82 Å². The van der Waals surface area contributed by atoms with E-state index in [4.69, 9.17) is 9.84 Å². The van der Waals surface area contributed by atoms with Gasteiger partial charge in [0.05, 0.1) is 0 Å². The Hall–Kier alpha value is -0.940. The van der Waals surface area contributed by atoms with Crippen molar-refractivity contribution in [1.29, 1.82) is 0 Å². The summed E-state index contributed by atoms with van der Waals surface area (Å²) in [5, 5.41) is 15.5. The van der Waals surface area contributed by atoms with Crippen molar-refractivity contribution in [3.8, 4) is 0 Å². The zero-order valence-corrected chi connectivity index (χ0v) is 8.82. The first-order valence-corrected chi connectivity index (χ1v) is 4.82. The van der Waals surface area contributed by atoms with Crippen molar-refractivity contribution in [1.82, 2.24) is 15.2 Å². The van der Waals surface area contributed by atoms with E-state index in [0.29, 0.717) is 24.2 Å². The first-order valence-electron chi connectivity index (χ1n) is 4.82. The molecule has 0 radical (unpaired) electrons. The van der Waals surface area contributed by atoms with Gasteiger partial charge in [0, 0.05) is 6.61 Å². The highest BCUT2D eigenvalue weighted by atomic mass is 16.5. The van der Waals surface area contributed by atoms with Crippen LogP contribution >= 0.6 is 0 Å². The number of hydrogen-bond donors (Lipinski definition) is 2. The van der Waals surface area contributed by atoms with Crippen LogP contribution in [-0.4, -0.2) is 26.9 Å². The molecule has 1 aromatic rings. The van der Waals surface area contributed by atoms with Crippen molar-refractivity contribution in [2.24, 2.45) is 5.92 Å². The Morgan fingerprint density at radius 2 is 2.21 bits per heavy atom. The van der Waals surface area contributed by atoms with E-state index in [0.717, 1.165) is 0 Å². The van der Waals surface area contributed by atoms with E-state index in [1.54, 1.807) is 0 Å². The van der Waals surface area contributed by atoms with Crippen LogP contribution in [0.25, 0.3) is 0 Å². The van der Waals surface area contributed by atoms with E-state index in [-0.39, 0.29) is 12.7 Å². The second-order valence-electron chi connectivity index (χ2n) is 3.42. The fourth-order valence-corrected chi connectivity index (χ4v) is 1.25. The van der Waals surface area contributed by atoms with Gasteiger partial charge in [-0.2, -0.15) is 5.10 Å². The maximum atomic E-state index is 8.83. The third-order valence-corrected chi connectivity index (χ3v) is 1.90. The van der Waals surface area contributed by atoms with Gasteiger partial charge in [-0.15, -0.1) is 0 Å². The van der Waals surface area contributed by atoms with Gasteiger partial charge >= 0.3 is 0 Å². The largest absolute Gasteiger partial charge is 0.388 e. The SMILES string of the molecule is CCOC(c1n[nH]c(CO)n1)C(C)C. The summed E-state index contributed by atoms with van der Waals surface area (Å²) in [7, 11) is 0. The second-order valence-corrected chi connectivity index (χ2v) is 3.42. The number of aromatic amines is 1. The van der Waals surface area contributed by atoms with E-state index in [1.807, 2.05) is 6.92 Å². The molecule has 5 heteroatoms. The highest BCUT2D eigenvalue weighted by Gasteiger charge is 2.20. The topological polar surface area (TPSA) is 71.0 Å². The summed E-state index contributed by atoms with van der Waals surface area (Å²) in [6.45, 7) is 6.55. The van der Waals surface area contributed by atoms with Crippen molar-refractivity contribution in [3.63, 3.8) is 0 Å². The van der Waals surface area contributed by atoms with Crippen LogP contribution in [0.5, 0.6) is 0 Å². The molecule has 0 aromatic carbocycles. The Labute approximate surface area is 83.5 Å². The molecule has 1 atom stereocenters. The van der Waals surface area contributed by atoms with Gasteiger partial charge in [-0.3, -0.25) is 5.10 Å². The van der Waals surface area contributed by atoms with Gasteiger partial charge in [-0.1, -0.05) is 13.8 Å². The first kappa shape index (κ1) is 11.1. The molecule has 0 aliphatic carbocycles. The summed E-state index contributed by atoms with van der Waals surface area (Å²) < 4.78 is 5.52. The van der Waals surface area contributed by atoms with Crippen molar-refractivity contribution in [2.75, 3.05) is 6.61 Å². The molecular formula is C9H17N3O2. The van der Waals surface area contributed by atoms with Crippen LogP contribution in [0.15, 0.2) is 0 Å². The van der Waals surface area contributed by atoms with Crippen LogP contribution in [0.4, 0.5) is 0 Å². The summed E-state index contributed by atoms with van der Waals surface area (Å²) in [6.07, 6.45) is -0.100. The fraction of sp³-hybridized carbons (Fsp3) is 0.778. The minimum Gasteiger partial charge on any atom is -0.388 e. The van der Waals surface area contributed by atoms with Gasteiger partial charge in [-0.05, 0) is 12.8 Å². The molecule has 1 aromatic heterocycles. The number of hydrogen-bond acceptors (Lipinski definition) is 4. The Kier molecular flexibility index (Phi) is 4.03. The van der Waals surface area contributed by atoms with Crippen LogP contribution in [0.3, 0.4) is 0 Å². The number of nitrogens with zero attached hydrogens (tertiary/aromatic N) is 2. The molecule has 0 saturated heterocycles. The van der Waals surface area contributed by atoms with Gasteiger partial charge in [0.2, 0.25) is 0 Å². The minimum absolute atomic E-state index is 0.100. The Morgan fingerprint density at radius 3 is 2.64 bits per heavy atom. The van der Waals surface area contributed by atoms with Crippen molar-refractivity contribution in [2.45, 2.75) is 33.5 Å². The lowest BCUT2D eigenvalue weighted by Gasteiger charge is -2.16. The number of rotatable bonds is 5. The van der Waals surface area contributed by atoms with Crippen molar-refractivity contribution >= 4 is 0 Å². The summed E-state index contributed by atoms with van der Waals surface area (Å²) in [5.74, 6) is 1.41. The third kappa shape index (κ3) is 2.52. The molecule has 14 heavy (non-hydrogen) atoms. The van der Waals surface area contributed by atoms with Crippen molar-refractivity contribution < 1.29 is 9.84 Å². The average molecular weight is 199 g/mol. The molecular weight excluding hydrogens is 182 g/mol. The molecule has 0 spiro atoms. The number of aliphatic hydroxyl groups is 1. The molecule has 80 valence electrons. The molecule has 1 unspecified atom stereocenters. The lowest BCUT2D eigenvalue weighted by molar-refractivity contribution is 0.0234. The van der Waals surface area contributed by atoms with Crippen LogP contribution in [-0.2, 0) is 11.3 Å². The molecule has 0 saturated carbocycles.